The molecule has 2 rings (SSSR count). The fourth-order valence-corrected chi connectivity index (χ4v) is 1.67. The van der Waals surface area contributed by atoms with Crippen molar-refractivity contribution in [2.75, 3.05) is 6.61 Å². The number of ether oxygens (including phenoxy) is 3. The lowest BCUT2D eigenvalue weighted by atomic mass is 10.2. The summed E-state index contributed by atoms with van der Waals surface area (Å²) >= 11 is 0. The second-order valence-electron chi connectivity index (χ2n) is 3.60. The van der Waals surface area contributed by atoms with Gasteiger partial charge in [0.1, 0.15) is 6.10 Å². The van der Waals surface area contributed by atoms with Crippen LogP contribution in [-0.4, -0.2) is 31.2 Å². The van der Waals surface area contributed by atoms with E-state index in [0.717, 1.165) is 19.4 Å². The minimum Gasteiger partial charge on any atom is -0.373 e. The maximum atomic E-state index is 5.61. The minimum absolute atomic E-state index is 0.113. The Kier molecular flexibility index (Phi) is 2.35. The number of rotatable bonds is 1. The van der Waals surface area contributed by atoms with Crippen LogP contribution < -0.4 is 0 Å². The fraction of sp³-hybridized carbons (Fsp3) is 1.00. The van der Waals surface area contributed by atoms with Crippen LogP contribution in [0.2, 0.25) is 0 Å². The smallest absolute Gasteiger partial charge is 0.184 e. The molecule has 0 spiro atoms. The van der Waals surface area contributed by atoms with Gasteiger partial charge in [0.05, 0.1) is 12.2 Å². The zero-order valence-corrected chi connectivity index (χ0v) is 7.66. The van der Waals surface area contributed by atoms with Crippen LogP contribution in [0, 0.1) is 0 Å². The lowest BCUT2D eigenvalue weighted by molar-refractivity contribution is -0.139. The van der Waals surface area contributed by atoms with Crippen LogP contribution >= 0.6 is 0 Å². The Morgan fingerprint density at radius 3 is 2.25 bits per heavy atom. The summed E-state index contributed by atoms with van der Waals surface area (Å²) in [5.41, 5.74) is 0. The molecule has 0 radical (unpaired) electrons. The van der Waals surface area contributed by atoms with Crippen molar-refractivity contribution in [2.45, 2.75) is 51.3 Å². The van der Waals surface area contributed by atoms with Crippen LogP contribution in [0.4, 0.5) is 0 Å². The molecule has 0 bridgehead atoms. The predicted molar refractivity (Wildman–Crippen MR) is 43.9 cm³/mol. The van der Waals surface area contributed by atoms with Crippen LogP contribution in [0.25, 0.3) is 0 Å². The van der Waals surface area contributed by atoms with Gasteiger partial charge in [0.2, 0.25) is 0 Å². The molecule has 2 heterocycles. The Morgan fingerprint density at radius 1 is 1.08 bits per heavy atom. The summed E-state index contributed by atoms with van der Waals surface area (Å²) in [6.07, 6.45) is 2.69. The van der Waals surface area contributed by atoms with E-state index in [9.17, 15) is 0 Å². The third-order valence-corrected chi connectivity index (χ3v) is 2.63. The van der Waals surface area contributed by atoms with Crippen LogP contribution in [-0.2, 0) is 14.2 Å². The van der Waals surface area contributed by atoms with Gasteiger partial charge in [-0.25, -0.2) is 0 Å². The van der Waals surface area contributed by atoms with E-state index in [1.807, 2.05) is 13.8 Å². The van der Waals surface area contributed by atoms with Gasteiger partial charge in [0, 0.05) is 6.61 Å². The molecule has 2 aliphatic rings. The van der Waals surface area contributed by atoms with Gasteiger partial charge in [-0.15, -0.1) is 0 Å². The third kappa shape index (κ3) is 1.49. The van der Waals surface area contributed by atoms with Gasteiger partial charge >= 0.3 is 0 Å². The highest BCUT2D eigenvalue weighted by Gasteiger charge is 2.37. The highest BCUT2D eigenvalue weighted by molar-refractivity contribution is 4.77. The molecule has 2 fully saturated rings. The molecule has 0 saturated carbocycles. The normalized spacial score (nSPS) is 48.5. The first-order valence-corrected chi connectivity index (χ1v) is 4.70. The highest BCUT2D eigenvalue weighted by Crippen LogP contribution is 2.27. The van der Waals surface area contributed by atoms with E-state index >= 15 is 0 Å². The largest absolute Gasteiger partial charge is 0.373 e. The molecule has 12 heavy (non-hydrogen) atoms. The molecule has 3 heteroatoms. The number of hydrogen-bond donors (Lipinski definition) is 0. The molecule has 0 aromatic carbocycles. The number of hydrogen-bond acceptors (Lipinski definition) is 3. The Morgan fingerprint density at radius 2 is 1.75 bits per heavy atom. The summed E-state index contributed by atoms with van der Waals surface area (Å²) in [6, 6.07) is 0. The SMILES string of the molecule is CC1OC(C2CCCO2)OC1C. The monoisotopic (exact) mass is 172 g/mol. The molecule has 2 saturated heterocycles. The average Bonchev–Trinajstić information content (AvgIpc) is 2.61. The van der Waals surface area contributed by atoms with E-state index in [0.29, 0.717) is 0 Å². The topological polar surface area (TPSA) is 27.7 Å². The summed E-state index contributed by atoms with van der Waals surface area (Å²) in [6.45, 7) is 4.94. The molecular formula is C9H16O3. The lowest BCUT2D eigenvalue weighted by Gasteiger charge is -2.16. The van der Waals surface area contributed by atoms with E-state index in [2.05, 4.69) is 0 Å². The summed E-state index contributed by atoms with van der Waals surface area (Å²) < 4.78 is 16.7. The summed E-state index contributed by atoms with van der Waals surface area (Å²) in [5, 5.41) is 0. The van der Waals surface area contributed by atoms with E-state index in [4.69, 9.17) is 14.2 Å². The molecule has 0 N–H and O–H groups in total. The average molecular weight is 172 g/mol. The summed E-state index contributed by atoms with van der Waals surface area (Å²) in [4.78, 5) is 0. The second kappa shape index (κ2) is 3.32. The van der Waals surface area contributed by atoms with E-state index in [1.165, 1.54) is 0 Å². The van der Waals surface area contributed by atoms with Crippen LogP contribution in [0.3, 0.4) is 0 Å². The standard InChI is InChI=1S/C9H16O3/c1-6-7(2)12-9(11-6)8-4-3-5-10-8/h6-9H,3-5H2,1-2H3. The van der Waals surface area contributed by atoms with Gasteiger partial charge in [-0.05, 0) is 26.7 Å². The zero-order valence-electron chi connectivity index (χ0n) is 7.66. The Balaban J connectivity index is 1.89. The van der Waals surface area contributed by atoms with Crippen LogP contribution in [0.5, 0.6) is 0 Å². The van der Waals surface area contributed by atoms with Gasteiger partial charge in [-0.1, -0.05) is 0 Å². The van der Waals surface area contributed by atoms with Crippen LogP contribution in [0.15, 0.2) is 0 Å². The van der Waals surface area contributed by atoms with Crippen LogP contribution in [0.1, 0.15) is 26.7 Å². The van der Waals surface area contributed by atoms with Crippen molar-refractivity contribution in [3.8, 4) is 0 Å². The van der Waals surface area contributed by atoms with Crippen molar-refractivity contribution in [1.82, 2.24) is 0 Å². The highest BCUT2D eigenvalue weighted by atomic mass is 16.7. The molecule has 0 aromatic rings. The maximum absolute atomic E-state index is 5.61. The molecule has 0 amide bonds. The van der Waals surface area contributed by atoms with Crippen molar-refractivity contribution in [1.29, 1.82) is 0 Å². The lowest BCUT2D eigenvalue weighted by Crippen LogP contribution is -2.26. The Hall–Kier alpha value is -0.120. The van der Waals surface area contributed by atoms with Crippen molar-refractivity contribution in [2.24, 2.45) is 0 Å². The molecule has 0 aliphatic carbocycles. The third-order valence-electron chi connectivity index (χ3n) is 2.63. The molecule has 3 unspecified atom stereocenters. The van der Waals surface area contributed by atoms with Gasteiger partial charge in [0.25, 0.3) is 0 Å². The molecular weight excluding hydrogens is 156 g/mol. The Bertz CT molecular complexity index is 144. The molecule has 0 aromatic heterocycles. The van der Waals surface area contributed by atoms with E-state index in [1.54, 1.807) is 0 Å². The Labute approximate surface area is 73.0 Å². The first-order valence-electron chi connectivity index (χ1n) is 4.70. The fourth-order valence-electron chi connectivity index (χ4n) is 1.67. The maximum Gasteiger partial charge on any atom is 0.184 e. The molecule has 70 valence electrons. The van der Waals surface area contributed by atoms with Crippen molar-refractivity contribution >= 4 is 0 Å². The molecule has 3 nitrogen and oxygen atoms in total. The minimum atomic E-state index is -0.113. The van der Waals surface area contributed by atoms with Crippen molar-refractivity contribution in [3.05, 3.63) is 0 Å². The van der Waals surface area contributed by atoms with Gasteiger partial charge in [-0.3, -0.25) is 0 Å². The van der Waals surface area contributed by atoms with Gasteiger partial charge < -0.3 is 14.2 Å². The first-order chi connectivity index (χ1) is 5.77. The van der Waals surface area contributed by atoms with E-state index < -0.39 is 0 Å². The quantitative estimate of drug-likeness (QED) is 0.597. The van der Waals surface area contributed by atoms with Crippen molar-refractivity contribution < 1.29 is 14.2 Å². The summed E-state index contributed by atoms with van der Waals surface area (Å²) in [5.74, 6) is 0. The zero-order chi connectivity index (χ0) is 8.55. The van der Waals surface area contributed by atoms with Gasteiger partial charge in [0.15, 0.2) is 6.29 Å². The second-order valence-corrected chi connectivity index (χ2v) is 3.60. The molecule has 3 atom stereocenters. The summed E-state index contributed by atoms with van der Waals surface area (Å²) in [7, 11) is 0. The van der Waals surface area contributed by atoms with E-state index in [-0.39, 0.29) is 24.6 Å². The predicted octanol–water partition coefficient (Wildman–Crippen LogP) is 1.32. The van der Waals surface area contributed by atoms with Gasteiger partial charge in [-0.2, -0.15) is 0 Å². The first kappa shape index (κ1) is 8.48. The van der Waals surface area contributed by atoms with Crippen molar-refractivity contribution in [3.63, 3.8) is 0 Å². The molecule has 2 aliphatic heterocycles.